The molecule has 1 aromatic rings. The van der Waals surface area contributed by atoms with Gasteiger partial charge in [-0.2, -0.15) is 0 Å². The molecule has 1 amide bonds. The molecule has 0 bridgehead atoms. The Morgan fingerprint density at radius 2 is 1.85 bits per heavy atom. The average Bonchev–Trinajstić information content (AvgIpc) is 2.48. The van der Waals surface area contributed by atoms with Gasteiger partial charge in [0.2, 0.25) is 5.91 Å². The number of benzene rings is 1. The van der Waals surface area contributed by atoms with E-state index in [2.05, 4.69) is 31.3 Å². The van der Waals surface area contributed by atoms with Crippen molar-refractivity contribution < 1.29 is 9.53 Å². The fraction of sp³-hybridized carbons (Fsp3) is 0.562. The number of halogens is 1. The van der Waals surface area contributed by atoms with E-state index < -0.39 is 0 Å². The lowest BCUT2D eigenvalue weighted by molar-refractivity contribution is -0.122. The first-order chi connectivity index (χ1) is 9.57. The molecule has 0 heterocycles. The smallest absolute Gasteiger partial charge is 0.222 e. The Morgan fingerprint density at radius 1 is 1.25 bits per heavy atom. The van der Waals surface area contributed by atoms with Crippen molar-refractivity contribution in [3.8, 4) is 0 Å². The molecule has 20 heavy (non-hydrogen) atoms. The van der Waals surface area contributed by atoms with Crippen LogP contribution in [0.4, 0.5) is 0 Å². The van der Waals surface area contributed by atoms with Crippen LogP contribution in [0.3, 0.4) is 0 Å². The van der Waals surface area contributed by atoms with Crippen LogP contribution in [-0.4, -0.2) is 26.2 Å². The highest BCUT2D eigenvalue weighted by molar-refractivity contribution is 6.30. The summed E-state index contributed by atoms with van der Waals surface area (Å²) in [6.45, 7) is 5.40. The van der Waals surface area contributed by atoms with E-state index in [1.165, 1.54) is 5.56 Å². The van der Waals surface area contributed by atoms with Crippen LogP contribution in [-0.2, 0) is 14.9 Å². The molecule has 0 fully saturated rings. The van der Waals surface area contributed by atoms with E-state index in [1.54, 1.807) is 7.11 Å². The van der Waals surface area contributed by atoms with Gasteiger partial charge >= 0.3 is 0 Å². The Bertz CT molecular complexity index is 413. The molecule has 0 unspecified atom stereocenters. The number of hydrogen-bond acceptors (Lipinski definition) is 2. The zero-order chi connectivity index (χ0) is 15.0. The first-order valence-corrected chi connectivity index (χ1v) is 7.47. The number of nitrogens with one attached hydrogen (secondary N) is 1. The van der Waals surface area contributed by atoms with E-state index in [-0.39, 0.29) is 11.3 Å². The van der Waals surface area contributed by atoms with Crippen LogP contribution >= 0.6 is 11.6 Å². The lowest BCUT2D eigenvalue weighted by atomic mass is 9.76. The number of rotatable bonds is 8. The summed E-state index contributed by atoms with van der Waals surface area (Å²) in [5.74, 6) is 0.0343. The van der Waals surface area contributed by atoms with Gasteiger partial charge in [-0.3, -0.25) is 4.79 Å². The maximum Gasteiger partial charge on any atom is 0.222 e. The Kier molecular flexibility index (Phi) is 7.03. The van der Waals surface area contributed by atoms with Crippen LogP contribution < -0.4 is 5.32 Å². The normalized spacial score (nSPS) is 11.4. The lowest BCUT2D eigenvalue weighted by Crippen LogP contribution is -2.40. The molecule has 0 atom stereocenters. The molecule has 1 aromatic carbocycles. The molecule has 0 radical (unpaired) electrons. The van der Waals surface area contributed by atoms with Crippen LogP contribution in [0, 0.1) is 0 Å². The number of carbonyl (C=O) groups excluding carboxylic acids is 1. The second-order valence-corrected chi connectivity index (χ2v) is 5.45. The van der Waals surface area contributed by atoms with E-state index >= 15 is 0 Å². The van der Waals surface area contributed by atoms with Gasteiger partial charge in [-0.1, -0.05) is 37.6 Å². The van der Waals surface area contributed by atoms with Crippen molar-refractivity contribution in [1.82, 2.24) is 5.32 Å². The molecule has 3 nitrogen and oxygen atoms in total. The van der Waals surface area contributed by atoms with Crippen LogP contribution in [0.1, 0.15) is 38.7 Å². The Labute approximate surface area is 126 Å². The second kappa shape index (κ2) is 8.28. The minimum absolute atomic E-state index is 0.0343. The lowest BCUT2D eigenvalue weighted by Gasteiger charge is -2.32. The topological polar surface area (TPSA) is 38.3 Å². The van der Waals surface area contributed by atoms with Crippen LogP contribution in [0.25, 0.3) is 0 Å². The quantitative estimate of drug-likeness (QED) is 0.797. The van der Waals surface area contributed by atoms with Gasteiger partial charge in [-0.05, 0) is 30.5 Å². The maximum absolute atomic E-state index is 11.8. The summed E-state index contributed by atoms with van der Waals surface area (Å²) in [6.07, 6.45) is 2.34. The van der Waals surface area contributed by atoms with Gasteiger partial charge in [0, 0.05) is 30.5 Å². The van der Waals surface area contributed by atoms with E-state index in [9.17, 15) is 4.79 Å². The van der Waals surface area contributed by atoms with Crippen molar-refractivity contribution in [2.45, 2.75) is 38.5 Å². The van der Waals surface area contributed by atoms with Gasteiger partial charge in [0.25, 0.3) is 0 Å². The molecule has 0 aliphatic rings. The molecule has 0 saturated carbocycles. The Hall–Kier alpha value is -1.06. The van der Waals surface area contributed by atoms with Gasteiger partial charge in [0.15, 0.2) is 0 Å². The van der Waals surface area contributed by atoms with Gasteiger partial charge < -0.3 is 10.1 Å². The highest BCUT2D eigenvalue weighted by Crippen LogP contribution is 2.31. The fourth-order valence-electron chi connectivity index (χ4n) is 2.36. The molecule has 0 aliphatic heterocycles. The van der Waals surface area contributed by atoms with E-state index in [1.807, 2.05) is 12.1 Å². The second-order valence-electron chi connectivity index (χ2n) is 5.01. The number of hydrogen-bond donors (Lipinski definition) is 1. The van der Waals surface area contributed by atoms with Gasteiger partial charge in [0.1, 0.15) is 0 Å². The SMILES string of the molecule is CCC(CC)(CNC(=O)CCOC)c1ccc(Cl)cc1. The van der Waals surface area contributed by atoms with Gasteiger partial charge in [-0.25, -0.2) is 0 Å². The van der Waals surface area contributed by atoms with Crippen molar-refractivity contribution >= 4 is 17.5 Å². The monoisotopic (exact) mass is 297 g/mol. The number of methoxy groups -OCH3 is 1. The molecule has 0 saturated heterocycles. The molecule has 0 aromatic heterocycles. The van der Waals surface area contributed by atoms with E-state index in [4.69, 9.17) is 16.3 Å². The minimum atomic E-state index is -0.0344. The van der Waals surface area contributed by atoms with Crippen molar-refractivity contribution in [3.05, 3.63) is 34.9 Å². The van der Waals surface area contributed by atoms with Crippen molar-refractivity contribution in [2.75, 3.05) is 20.3 Å². The summed E-state index contributed by atoms with van der Waals surface area (Å²) < 4.78 is 4.92. The molecule has 1 rings (SSSR count). The summed E-state index contributed by atoms with van der Waals surface area (Å²) in [5.41, 5.74) is 1.19. The molecule has 0 aliphatic carbocycles. The molecular formula is C16H24ClNO2. The van der Waals surface area contributed by atoms with Crippen LogP contribution in [0.2, 0.25) is 5.02 Å². The number of carbonyl (C=O) groups is 1. The van der Waals surface area contributed by atoms with Crippen molar-refractivity contribution in [2.24, 2.45) is 0 Å². The predicted octanol–water partition coefficient (Wildman–Crippen LogP) is 3.55. The number of amides is 1. The highest BCUT2D eigenvalue weighted by Gasteiger charge is 2.28. The zero-order valence-corrected chi connectivity index (χ0v) is 13.3. The summed E-state index contributed by atoms with van der Waals surface area (Å²) >= 11 is 5.95. The van der Waals surface area contributed by atoms with Crippen molar-refractivity contribution in [1.29, 1.82) is 0 Å². The van der Waals surface area contributed by atoms with Gasteiger partial charge in [0.05, 0.1) is 6.61 Å². The first-order valence-electron chi connectivity index (χ1n) is 7.09. The van der Waals surface area contributed by atoms with Gasteiger partial charge in [-0.15, -0.1) is 0 Å². The predicted molar refractivity (Wildman–Crippen MR) is 83.2 cm³/mol. The molecule has 1 N–H and O–H groups in total. The van der Waals surface area contributed by atoms with E-state index in [0.29, 0.717) is 19.6 Å². The maximum atomic E-state index is 11.8. The summed E-state index contributed by atoms with van der Waals surface area (Å²) in [5, 5.41) is 3.76. The van der Waals surface area contributed by atoms with Crippen LogP contribution in [0.5, 0.6) is 0 Å². The summed E-state index contributed by atoms with van der Waals surface area (Å²) in [7, 11) is 1.60. The Balaban J connectivity index is 2.76. The third-order valence-corrected chi connectivity index (χ3v) is 4.22. The van der Waals surface area contributed by atoms with E-state index in [0.717, 1.165) is 17.9 Å². The standard InChI is InChI=1S/C16H24ClNO2/c1-4-16(5-2,12-18-15(19)10-11-20-3)13-6-8-14(17)9-7-13/h6-9H,4-5,10-12H2,1-3H3,(H,18,19). The third kappa shape index (κ3) is 4.50. The average molecular weight is 298 g/mol. The molecular weight excluding hydrogens is 274 g/mol. The first kappa shape index (κ1) is 17.0. The molecule has 4 heteroatoms. The highest BCUT2D eigenvalue weighted by atomic mass is 35.5. The summed E-state index contributed by atoms with van der Waals surface area (Å²) in [6, 6.07) is 7.92. The largest absolute Gasteiger partial charge is 0.384 e. The van der Waals surface area contributed by atoms with Crippen LogP contribution in [0.15, 0.2) is 24.3 Å². The number of ether oxygens (including phenoxy) is 1. The summed E-state index contributed by atoms with van der Waals surface area (Å²) in [4.78, 5) is 11.8. The zero-order valence-electron chi connectivity index (χ0n) is 12.5. The minimum Gasteiger partial charge on any atom is -0.384 e. The Morgan fingerprint density at radius 3 is 2.35 bits per heavy atom. The van der Waals surface area contributed by atoms with Crippen molar-refractivity contribution in [3.63, 3.8) is 0 Å². The molecule has 0 spiro atoms. The molecule has 112 valence electrons. The third-order valence-electron chi connectivity index (χ3n) is 3.97. The fourth-order valence-corrected chi connectivity index (χ4v) is 2.49.